The van der Waals surface area contributed by atoms with Crippen LogP contribution < -0.4 is 0 Å². The van der Waals surface area contributed by atoms with Crippen molar-refractivity contribution in [3.63, 3.8) is 0 Å². The van der Waals surface area contributed by atoms with E-state index in [2.05, 4.69) is 4.98 Å². The van der Waals surface area contributed by atoms with Crippen LogP contribution in [0.2, 0.25) is 10.0 Å². The first kappa shape index (κ1) is 10.6. The van der Waals surface area contributed by atoms with Crippen LogP contribution in [0.15, 0.2) is 47.0 Å². The Balaban J connectivity index is 2.22. The molecule has 0 saturated carbocycles. The van der Waals surface area contributed by atoms with Crippen molar-refractivity contribution in [1.29, 1.82) is 0 Å². The monoisotopic (exact) mass is 263 g/mol. The van der Waals surface area contributed by atoms with Gasteiger partial charge in [0.15, 0.2) is 11.3 Å². The van der Waals surface area contributed by atoms with E-state index in [1.807, 2.05) is 18.2 Å². The van der Waals surface area contributed by atoms with Gasteiger partial charge in [-0.25, -0.2) is 0 Å². The summed E-state index contributed by atoms with van der Waals surface area (Å²) in [6, 6.07) is 11.0. The summed E-state index contributed by atoms with van der Waals surface area (Å²) in [6.07, 6.45) is 1.65. The molecule has 2 aromatic heterocycles. The zero-order valence-corrected chi connectivity index (χ0v) is 10.2. The third-order valence-electron chi connectivity index (χ3n) is 2.47. The lowest BCUT2D eigenvalue weighted by atomic mass is 10.2. The summed E-state index contributed by atoms with van der Waals surface area (Å²) in [6.45, 7) is 0. The Morgan fingerprint density at radius 3 is 2.71 bits per heavy atom. The molecule has 0 unspecified atom stereocenters. The number of hydrogen-bond acceptors (Lipinski definition) is 2. The van der Waals surface area contributed by atoms with Crippen LogP contribution in [-0.2, 0) is 0 Å². The molecule has 0 saturated heterocycles. The average Bonchev–Trinajstić information content (AvgIpc) is 2.74. The number of rotatable bonds is 1. The molecule has 0 atom stereocenters. The van der Waals surface area contributed by atoms with Crippen molar-refractivity contribution in [2.75, 3.05) is 0 Å². The van der Waals surface area contributed by atoms with Gasteiger partial charge in [-0.3, -0.25) is 4.98 Å². The molecule has 1 aromatic carbocycles. The molecule has 0 bridgehead atoms. The van der Waals surface area contributed by atoms with Crippen LogP contribution in [0.25, 0.3) is 22.4 Å². The third kappa shape index (κ3) is 1.90. The Kier molecular flexibility index (Phi) is 2.54. The van der Waals surface area contributed by atoms with Crippen molar-refractivity contribution in [3.05, 3.63) is 52.6 Å². The summed E-state index contributed by atoms with van der Waals surface area (Å²) >= 11 is 12.0. The van der Waals surface area contributed by atoms with Crippen molar-refractivity contribution in [3.8, 4) is 11.5 Å². The molecule has 3 rings (SSSR count). The van der Waals surface area contributed by atoms with Crippen LogP contribution in [0, 0.1) is 0 Å². The molecule has 84 valence electrons. The first-order chi connectivity index (χ1) is 8.24. The van der Waals surface area contributed by atoms with Gasteiger partial charge in [0.1, 0.15) is 5.69 Å². The van der Waals surface area contributed by atoms with Gasteiger partial charge in [0.05, 0.1) is 5.02 Å². The number of hydrogen-bond donors (Lipinski definition) is 0. The van der Waals surface area contributed by atoms with Gasteiger partial charge >= 0.3 is 0 Å². The summed E-state index contributed by atoms with van der Waals surface area (Å²) in [7, 11) is 0. The Labute approximate surface area is 108 Å². The molecule has 3 aromatic rings. The molecule has 0 N–H and O–H groups in total. The Hall–Kier alpha value is -1.51. The average molecular weight is 264 g/mol. The largest absolute Gasteiger partial charge is 0.453 e. The molecule has 2 heterocycles. The quantitative estimate of drug-likeness (QED) is 0.630. The van der Waals surface area contributed by atoms with Gasteiger partial charge in [0.25, 0.3) is 0 Å². The van der Waals surface area contributed by atoms with Crippen LogP contribution in [0.3, 0.4) is 0 Å². The zero-order chi connectivity index (χ0) is 11.8. The van der Waals surface area contributed by atoms with Crippen molar-refractivity contribution in [2.45, 2.75) is 0 Å². The molecule has 2 nitrogen and oxygen atoms in total. The minimum Gasteiger partial charge on any atom is -0.453 e. The first-order valence-electron chi connectivity index (χ1n) is 5.04. The van der Waals surface area contributed by atoms with Crippen LogP contribution in [-0.4, -0.2) is 4.98 Å². The van der Waals surface area contributed by atoms with E-state index in [9.17, 15) is 0 Å². The lowest BCUT2D eigenvalue weighted by Gasteiger charge is -1.95. The Bertz CT molecular complexity index is 691. The normalized spacial score (nSPS) is 10.9. The van der Waals surface area contributed by atoms with Gasteiger partial charge in [-0.1, -0.05) is 35.3 Å². The number of nitrogens with zero attached hydrogens (tertiary/aromatic N) is 1. The van der Waals surface area contributed by atoms with Gasteiger partial charge < -0.3 is 4.42 Å². The Morgan fingerprint density at radius 1 is 1.06 bits per heavy atom. The van der Waals surface area contributed by atoms with E-state index in [0.29, 0.717) is 27.1 Å². The fourth-order valence-corrected chi connectivity index (χ4v) is 2.07. The number of para-hydroxylation sites is 1. The molecule has 0 spiro atoms. The fourth-order valence-electron chi connectivity index (χ4n) is 1.69. The number of halogens is 2. The highest BCUT2D eigenvalue weighted by atomic mass is 35.5. The third-order valence-corrected chi connectivity index (χ3v) is 3.00. The molecule has 0 fully saturated rings. The molecule has 0 radical (unpaired) electrons. The first-order valence-corrected chi connectivity index (χ1v) is 5.79. The number of pyridine rings is 1. The summed E-state index contributed by atoms with van der Waals surface area (Å²) < 4.78 is 5.69. The van der Waals surface area contributed by atoms with Gasteiger partial charge in [-0.15, -0.1) is 0 Å². The standard InChI is InChI=1S/C13H7Cl2NO/c14-9-4-5-16-11(7-9)12-6-8-2-1-3-10(15)13(8)17-12/h1-7H. The van der Waals surface area contributed by atoms with E-state index >= 15 is 0 Å². The number of fused-ring (bicyclic) bond motifs is 1. The Morgan fingerprint density at radius 2 is 1.94 bits per heavy atom. The van der Waals surface area contributed by atoms with E-state index in [1.165, 1.54) is 0 Å². The highest BCUT2D eigenvalue weighted by Gasteiger charge is 2.09. The van der Waals surface area contributed by atoms with Gasteiger partial charge in [0.2, 0.25) is 0 Å². The van der Waals surface area contributed by atoms with Crippen LogP contribution >= 0.6 is 23.2 Å². The van der Waals surface area contributed by atoms with Crippen molar-refractivity contribution < 1.29 is 4.42 Å². The predicted octanol–water partition coefficient (Wildman–Crippen LogP) is 4.80. The van der Waals surface area contributed by atoms with E-state index < -0.39 is 0 Å². The lowest BCUT2D eigenvalue weighted by molar-refractivity contribution is 0.629. The van der Waals surface area contributed by atoms with Crippen LogP contribution in [0.1, 0.15) is 0 Å². The second-order valence-corrected chi connectivity index (χ2v) is 4.47. The zero-order valence-electron chi connectivity index (χ0n) is 8.65. The summed E-state index contributed by atoms with van der Waals surface area (Å²) in [5.41, 5.74) is 1.37. The van der Waals surface area contributed by atoms with Crippen molar-refractivity contribution in [1.82, 2.24) is 4.98 Å². The SMILES string of the molecule is Clc1ccnc(-c2cc3cccc(Cl)c3o2)c1. The van der Waals surface area contributed by atoms with Crippen molar-refractivity contribution >= 4 is 34.2 Å². The second-order valence-electron chi connectivity index (χ2n) is 3.63. The second kappa shape index (κ2) is 4.06. The summed E-state index contributed by atoms with van der Waals surface area (Å²) in [4.78, 5) is 4.21. The van der Waals surface area contributed by atoms with Crippen molar-refractivity contribution in [2.24, 2.45) is 0 Å². The maximum absolute atomic E-state index is 6.05. The minimum absolute atomic E-state index is 0.593. The van der Waals surface area contributed by atoms with E-state index in [-0.39, 0.29) is 0 Å². The maximum Gasteiger partial charge on any atom is 0.153 e. The minimum atomic E-state index is 0.593. The summed E-state index contributed by atoms with van der Waals surface area (Å²) in [5.74, 6) is 0.663. The van der Waals surface area contributed by atoms with Gasteiger partial charge in [0, 0.05) is 16.6 Å². The molecule has 0 aliphatic heterocycles. The molecule has 0 aliphatic rings. The molecular weight excluding hydrogens is 257 g/mol. The molecule has 0 aliphatic carbocycles. The van der Waals surface area contributed by atoms with Gasteiger partial charge in [-0.2, -0.15) is 0 Å². The van der Waals surface area contributed by atoms with Gasteiger partial charge in [-0.05, 0) is 24.3 Å². The number of aromatic nitrogens is 1. The molecule has 17 heavy (non-hydrogen) atoms. The van der Waals surface area contributed by atoms with E-state index in [1.54, 1.807) is 24.4 Å². The smallest absolute Gasteiger partial charge is 0.153 e. The number of benzene rings is 1. The molecule has 4 heteroatoms. The molecular formula is C13H7Cl2NO. The van der Waals surface area contributed by atoms with Crippen LogP contribution in [0.5, 0.6) is 0 Å². The highest BCUT2D eigenvalue weighted by Crippen LogP contribution is 2.31. The summed E-state index contributed by atoms with van der Waals surface area (Å²) in [5, 5.41) is 2.17. The van der Waals surface area contributed by atoms with Crippen LogP contribution in [0.4, 0.5) is 0 Å². The topological polar surface area (TPSA) is 26.0 Å². The van der Waals surface area contributed by atoms with E-state index in [4.69, 9.17) is 27.6 Å². The van der Waals surface area contributed by atoms with E-state index in [0.717, 1.165) is 5.39 Å². The lowest BCUT2D eigenvalue weighted by Crippen LogP contribution is -1.78. The predicted molar refractivity (Wildman–Crippen MR) is 69.5 cm³/mol. The fraction of sp³-hybridized carbons (Fsp3) is 0. The number of furan rings is 1. The molecule has 0 amide bonds. The maximum atomic E-state index is 6.05. The highest BCUT2D eigenvalue weighted by molar-refractivity contribution is 6.34.